The van der Waals surface area contributed by atoms with Crippen molar-refractivity contribution in [3.05, 3.63) is 45.3 Å². The molecule has 0 radical (unpaired) electrons. The van der Waals surface area contributed by atoms with Gasteiger partial charge in [-0.1, -0.05) is 0 Å². The molecular formula is C10H12N2OS. The lowest BCUT2D eigenvalue weighted by atomic mass is 10.1. The van der Waals surface area contributed by atoms with Crippen LogP contribution in [0.2, 0.25) is 0 Å². The minimum absolute atomic E-state index is 0.0345. The van der Waals surface area contributed by atoms with E-state index in [2.05, 4.69) is 21.8 Å². The van der Waals surface area contributed by atoms with Crippen LogP contribution >= 0.6 is 11.3 Å². The third-order valence-corrected chi connectivity index (χ3v) is 2.99. The summed E-state index contributed by atoms with van der Waals surface area (Å²) in [5.74, 6) is 0. The van der Waals surface area contributed by atoms with Crippen molar-refractivity contribution in [3.63, 3.8) is 0 Å². The number of hydrogen-bond donors (Lipinski definition) is 1. The Morgan fingerprint density at radius 3 is 3.07 bits per heavy atom. The van der Waals surface area contributed by atoms with Gasteiger partial charge in [0.1, 0.15) is 0 Å². The smallest absolute Gasteiger partial charge is 0.313 e. The molecule has 0 spiro atoms. The summed E-state index contributed by atoms with van der Waals surface area (Å²) in [6.45, 7) is 2.05. The molecule has 3 nitrogen and oxygen atoms in total. The monoisotopic (exact) mass is 208 g/mol. The van der Waals surface area contributed by atoms with Crippen molar-refractivity contribution in [2.45, 2.75) is 19.4 Å². The normalized spacial score (nSPS) is 12.9. The van der Waals surface area contributed by atoms with Gasteiger partial charge in [0.15, 0.2) is 0 Å². The highest BCUT2D eigenvalue weighted by atomic mass is 32.1. The minimum atomic E-state index is -0.0345. The van der Waals surface area contributed by atoms with Crippen LogP contribution in [0.1, 0.15) is 18.5 Å². The molecule has 0 aliphatic rings. The molecule has 1 N–H and O–H groups in total. The van der Waals surface area contributed by atoms with Gasteiger partial charge in [-0.05, 0) is 35.7 Å². The second-order valence-electron chi connectivity index (χ2n) is 3.36. The van der Waals surface area contributed by atoms with Crippen LogP contribution in [-0.4, -0.2) is 9.55 Å². The number of nitrogens with zero attached hydrogens (tertiary/aromatic N) is 1. The minimum Gasteiger partial charge on any atom is -0.313 e. The SMILES string of the molecule is CC(Cc1ccsc1)n1cc[nH]c1=O. The lowest BCUT2D eigenvalue weighted by Crippen LogP contribution is -2.21. The van der Waals surface area contributed by atoms with E-state index in [-0.39, 0.29) is 11.7 Å². The summed E-state index contributed by atoms with van der Waals surface area (Å²) < 4.78 is 1.72. The summed E-state index contributed by atoms with van der Waals surface area (Å²) in [7, 11) is 0. The predicted octanol–water partition coefficient (Wildman–Crippen LogP) is 2.04. The standard InChI is InChI=1S/C10H12N2OS/c1-8(6-9-2-5-14-7-9)12-4-3-11-10(12)13/h2-5,7-8H,6H2,1H3,(H,11,13). The molecule has 0 aliphatic heterocycles. The highest BCUT2D eigenvalue weighted by molar-refractivity contribution is 7.07. The summed E-state index contributed by atoms with van der Waals surface area (Å²) in [4.78, 5) is 13.9. The number of thiophene rings is 1. The van der Waals surface area contributed by atoms with Crippen molar-refractivity contribution in [2.75, 3.05) is 0 Å². The number of rotatable bonds is 3. The fourth-order valence-corrected chi connectivity index (χ4v) is 2.21. The molecule has 0 amide bonds. The average Bonchev–Trinajstić information content (AvgIpc) is 2.75. The maximum Gasteiger partial charge on any atom is 0.325 e. The summed E-state index contributed by atoms with van der Waals surface area (Å²) >= 11 is 1.69. The molecule has 14 heavy (non-hydrogen) atoms. The van der Waals surface area contributed by atoms with Crippen LogP contribution < -0.4 is 5.69 Å². The molecular weight excluding hydrogens is 196 g/mol. The van der Waals surface area contributed by atoms with Gasteiger partial charge in [-0.2, -0.15) is 11.3 Å². The Bertz CT molecular complexity index is 441. The van der Waals surface area contributed by atoms with Crippen LogP contribution in [0.4, 0.5) is 0 Å². The van der Waals surface area contributed by atoms with E-state index >= 15 is 0 Å². The van der Waals surface area contributed by atoms with Crippen molar-refractivity contribution in [2.24, 2.45) is 0 Å². The summed E-state index contributed by atoms with van der Waals surface area (Å²) in [5.41, 5.74) is 1.25. The van der Waals surface area contributed by atoms with Crippen LogP contribution in [0.3, 0.4) is 0 Å². The Morgan fingerprint density at radius 2 is 2.50 bits per heavy atom. The van der Waals surface area contributed by atoms with Crippen molar-refractivity contribution >= 4 is 11.3 Å². The van der Waals surface area contributed by atoms with E-state index < -0.39 is 0 Å². The second kappa shape index (κ2) is 3.84. The molecule has 0 aromatic carbocycles. The molecule has 2 aromatic rings. The van der Waals surface area contributed by atoms with Gasteiger partial charge in [0.05, 0.1) is 0 Å². The maximum atomic E-state index is 11.3. The number of H-pyrrole nitrogens is 1. The van der Waals surface area contributed by atoms with E-state index in [0.29, 0.717) is 0 Å². The molecule has 0 aliphatic carbocycles. The molecule has 4 heteroatoms. The van der Waals surface area contributed by atoms with Crippen LogP contribution in [0.15, 0.2) is 34.0 Å². The van der Waals surface area contributed by atoms with E-state index in [4.69, 9.17) is 0 Å². The quantitative estimate of drug-likeness (QED) is 0.823. The Balaban J connectivity index is 2.14. The highest BCUT2D eigenvalue weighted by Crippen LogP contribution is 2.14. The Labute approximate surface area is 86.0 Å². The fourth-order valence-electron chi connectivity index (χ4n) is 1.53. The first-order chi connectivity index (χ1) is 6.77. The van der Waals surface area contributed by atoms with E-state index in [1.54, 1.807) is 28.3 Å². The van der Waals surface area contributed by atoms with Gasteiger partial charge in [0.2, 0.25) is 0 Å². The van der Waals surface area contributed by atoms with Crippen molar-refractivity contribution in [1.82, 2.24) is 9.55 Å². The molecule has 0 saturated heterocycles. The third kappa shape index (κ3) is 1.80. The van der Waals surface area contributed by atoms with Crippen LogP contribution in [0.5, 0.6) is 0 Å². The first kappa shape index (κ1) is 9.27. The van der Waals surface area contributed by atoms with Gasteiger partial charge in [0, 0.05) is 18.4 Å². The summed E-state index contributed by atoms with van der Waals surface area (Å²) in [6, 6.07) is 2.31. The topological polar surface area (TPSA) is 37.8 Å². The third-order valence-electron chi connectivity index (χ3n) is 2.26. The van der Waals surface area contributed by atoms with Gasteiger partial charge in [0.25, 0.3) is 0 Å². The number of hydrogen-bond acceptors (Lipinski definition) is 2. The largest absolute Gasteiger partial charge is 0.325 e. The zero-order chi connectivity index (χ0) is 9.97. The van der Waals surface area contributed by atoms with Crippen LogP contribution in [0, 0.1) is 0 Å². The van der Waals surface area contributed by atoms with E-state index in [0.717, 1.165) is 6.42 Å². The van der Waals surface area contributed by atoms with Crippen LogP contribution in [0.25, 0.3) is 0 Å². The van der Waals surface area contributed by atoms with Gasteiger partial charge in [-0.25, -0.2) is 4.79 Å². The molecule has 2 rings (SSSR count). The lowest BCUT2D eigenvalue weighted by Gasteiger charge is -2.10. The first-order valence-corrected chi connectivity index (χ1v) is 5.48. The van der Waals surface area contributed by atoms with Crippen molar-refractivity contribution < 1.29 is 0 Å². The number of imidazole rings is 1. The molecule has 0 saturated carbocycles. The molecule has 0 fully saturated rings. The van der Waals surface area contributed by atoms with Crippen molar-refractivity contribution in [3.8, 4) is 0 Å². The Kier molecular flexibility index (Phi) is 2.54. The second-order valence-corrected chi connectivity index (χ2v) is 4.14. The highest BCUT2D eigenvalue weighted by Gasteiger charge is 2.07. The molecule has 0 bridgehead atoms. The molecule has 1 unspecified atom stereocenters. The summed E-state index contributed by atoms with van der Waals surface area (Å²) in [6.07, 6.45) is 4.37. The molecule has 1 atom stereocenters. The van der Waals surface area contributed by atoms with E-state index in [1.165, 1.54) is 5.56 Å². The zero-order valence-corrected chi connectivity index (χ0v) is 8.75. The fraction of sp³-hybridized carbons (Fsp3) is 0.300. The van der Waals surface area contributed by atoms with Crippen molar-refractivity contribution in [1.29, 1.82) is 0 Å². The lowest BCUT2D eigenvalue weighted by molar-refractivity contribution is 0.529. The summed E-state index contributed by atoms with van der Waals surface area (Å²) in [5, 5.41) is 4.18. The number of nitrogens with one attached hydrogen (secondary N) is 1. The Hall–Kier alpha value is -1.29. The van der Waals surface area contributed by atoms with E-state index in [9.17, 15) is 4.79 Å². The molecule has 74 valence electrons. The van der Waals surface area contributed by atoms with Gasteiger partial charge < -0.3 is 4.98 Å². The Morgan fingerprint density at radius 1 is 1.64 bits per heavy atom. The van der Waals surface area contributed by atoms with Gasteiger partial charge >= 0.3 is 5.69 Å². The van der Waals surface area contributed by atoms with Gasteiger partial charge in [-0.3, -0.25) is 4.57 Å². The average molecular weight is 208 g/mol. The molecule has 2 heterocycles. The predicted molar refractivity (Wildman–Crippen MR) is 57.8 cm³/mol. The van der Waals surface area contributed by atoms with Crippen LogP contribution in [-0.2, 0) is 6.42 Å². The first-order valence-electron chi connectivity index (χ1n) is 4.54. The number of aromatic nitrogens is 2. The number of aromatic amines is 1. The maximum absolute atomic E-state index is 11.3. The zero-order valence-electron chi connectivity index (χ0n) is 7.93. The van der Waals surface area contributed by atoms with E-state index in [1.807, 2.05) is 6.92 Å². The van der Waals surface area contributed by atoms with Gasteiger partial charge in [-0.15, -0.1) is 0 Å². The molecule has 2 aromatic heterocycles.